The summed E-state index contributed by atoms with van der Waals surface area (Å²) in [6.45, 7) is 9.55. The van der Waals surface area contributed by atoms with Crippen LogP contribution in [-0.4, -0.2) is 17.6 Å². The van der Waals surface area contributed by atoms with Crippen LogP contribution in [0.5, 0.6) is 0 Å². The third-order valence-corrected chi connectivity index (χ3v) is 5.35. The Balaban J connectivity index is 1.57. The quantitative estimate of drug-likeness (QED) is 0.702. The number of anilines is 2. The van der Waals surface area contributed by atoms with Crippen molar-refractivity contribution in [1.82, 2.24) is 5.32 Å². The Morgan fingerprint density at radius 1 is 1.07 bits per heavy atom. The number of carbonyl (C=O) groups excluding carboxylic acids is 1. The average molecular weight is 396 g/mol. The fraction of sp³-hybridized carbons (Fsp3) is 0.391. The van der Waals surface area contributed by atoms with Gasteiger partial charge >= 0.3 is 0 Å². The van der Waals surface area contributed by atoms with Gasteiger partial charge in [0.1, 0.15) is 0 Å². The molecule has 0 spiro atoms. The minimum absolute atomic E-state index is 0.107. The Morgan fingerprint density at radius 2 is 1.71 bits per heavy atom. The van der Waals surface area contributed by atoms with E-state index in [0.717, 1.165) is 24.3 Å². The molecule has 28 heavy (non-hydrogen) atoms. The van der Waals surface area contributed by atoms with Gasteiger partial charge in [-0.15, -0.1) is 0 Å². The lowest BCUT2D eigenvalue weighted by Gasteiger charge is -2.21. The van der Waals surface area contributed by atoms with Gasteiger partial charge in [0.25, 0.3) is 0 Å². The summed E-state index contributed by atoms with van der Waals surface area (Å²) in [7, 11) is 0. The first-order valence-electron chi connectivity index (χ1n) is 9.82. The van der Waals surface area contributed by atoms with Gasteiger partial charge in [-0.2, -0.15) is 0 Å². The van der Waals surface area contributed by atoms with E-state index >= 15 is 0 Å². The molecular formula is C23H29N3OS. The van der Waals surface area contributed by atoms with Crippen molar-refractivity contribution < 1.29 is 4.79 Å². The molecule has 1 aliphatic rings. The van der Waals surface area contributed by atoms with Crippen molar-refractivity contribution in [2.45, 2.75) is 52.0 Å². The van der Waals surface area contributed by atoms with E-state index in [4.69, 9.17) is 12.2 Å². The Labute approximate surface area is 173 Å². The number of rotatable bonds is 4. The van der Waals surface area contributed by atoms with Gasteiger partial charge in [0.2, 0.25) is 5.91 Å². The number of carbonyl (C=O) groups is 1. The summed E-state index contributed by atoms with van der Waals surface area (Å²) in [6, 6.07) is 16.6. The number of amides is 1. The molecule has 2 N–H and O–H groups in total. The van der Waals surface area contributed by atoms with Crippen molar-refractivity contribution in [3.8, 4) is 0 Å². The van der Waals surface area contributed by atoms with Crippen LogP contribution in [-0.2, 0) is 10.2 Å². The fourth-order valence-electron chi connectivity index (χ4n) is 3.36. The summed E-state index contributed by atoms with van der Waals surface area (Å²) in [5.74, 6) is 0.198. The minimum atomic E-state index is 0.107. The maximum absolute atomic E-state index is 11.8. The van der Waals surface area contributed by atoms with E-state index in [9.17, 15) is 4.79 Å². The van der Waals surface area contributed by atoms with E-state index < -0.39 is 0 Å². The van der Waals surface area contributed by atoms with E-state index in [0.29, 0.717) is 11.5 Å². The summed E-state index contributed by atoms with van der Waals surface area (Å²) >= 11 is 5.47. The molecular weight excluding hydrogens is 366 g/mol. The number of benzene rings is 2. The SMILES string of the molecule is CC(NC(=S)Nc1ccc(N2CCCC2=O)cc1)c1ccc(C(C)(C)C)cc1. The van der Waals surface area contributed by atoms with E-state index in [1.807, 2.05) is 29.2 Å². The van der Waals surface area contributed by atoms with Gasteiger partial charge in [0.15, 0.2) is 5.11 Å². The minimum Gasteiger partial charge on any atom is -0.356 e. The molecule has 2 aromatic carbocycles. The maximum Gasteiger partial charge on any atom is 0.227 e. The number of thiocarbonyl (C=S) groups is 1. The van der Waals surface area contributed by atoms with Gasteiger partial charge in [-0.1, -0.05) is 45.0 Å². The molecule has 0 saturated carbocycles. The number of nitrogens with zero attached hydrogens (tertiary/aromatic N) is 1. The summed E-state index contributed by atoms with van der Waals surface area (Å²) in [5, 5.41) is 7.14. The van der Waals surface area contributed by atoms with Crippen LogP contribution in [0.4, 0.5) is 11.4 Å². The topological polar surface area (TPSA) is 44.4 Å². The number of nitrogens with one attached hydrogen (secondary N) is 2. The molecule has 0 bridgehead atoms. The molecule has 2 aromatic rings. The zero-order valence-electron chi connectivity index (χ0n) is 17.1. The predicted molar refractivity (Wildman–Crippen MR) is 121 cm³/mol. The molecule has 0 aromatic heterocycles. The van der Waals surface area contributed by atoms with Crippen LogP contribution in [0.1, 0.15) is 57.7 Å². The lowest BCUT2D eigenvalue weighted by atomic mass is 9.86. The van der Waals surface area contributed by atoms with Gasteiger partial charge < -0.3 is 15.5 Å². The van der Waals surface area contributed by atoms with Crippen molar-refractivity contribution >= 4 is 34.6 Å². The molecule has 1 heterocycles. The van der Waals surface area contributed by atoms with Crippen LogP contribution < -0.4 is 15.5 Å². The van der Waals surface area contributed by atoms with E-state index in [2.05, 4.69) is 62.6 Å². The molecule has 4 nitrogen and oxygen atoms in total. The lowest BCUT2D eigenvalue weighted by molar-refractivity contribution is -0.117. The highest BCUT2D eigenvalue weighted by Crippen LogP contribution is 2.25. The lowest BCUT2D eigenvalue weighted by Crippen LogP contribution is -2.31. The van der Waals surface area contributed by atoms with Crippen LogP contribution in [0.25, 0.3) is 0 Å². The maximum atomic E-state index is 11.8. The van der Waals surface area contributed by atoms with Crippen molar-refractivity contribution in [2.24, 2.45) is 0 Å². The molecule has 1 fully saturated rings. The zero-order valence-corrected chi connectivity index (χ0v) is 17.9. The molecule has 0 aliphatic carbocycles. The van der Waals surface area contributed by atoms with Gasteiger partial charge in [-0.05, 0) is 66.4 Å². The first-order chi connectivity index (χ1) is 13.2. The largest absolute Gasteiger partial charge is 0.356 e. The molecule has 3 rings (SSSR count). The van der Waals surface area contributed by atoms with Crippen LogP contribution in [0.15, 0.2) is 48.5 Å². The van der Waals surface area contributed by atoms with Crippen molar-refractivity contribution in [3.05, 3.63) is 59.7 Å². The van der Waals surface area contributed by atoms with Gasteiger partial charge in [0, 0.05) is 24.3 Å². The van der Waals surface area contributed by atoms with E-state index in [-0.39, 0.29) is 17.4 Å². The highest BCUT2D eigenvalue weighted by molar-refractivity contribution is 7.80. The molecule has 148 valence electrons. The van der Waals surface area contributed by atoms with Gasteiger partial charge in [-0.3, -0.25) is 4.79 Å². The van der Waals surface area contributed by atoms with E-state index in [1.165, 1.54) is 11.1 Å². The Morgan fingerprint density at radius 3 is 2.25 bits per heavy atom. The summed E-state index contributed by atoms with van der Waals surface area (Å²) in [4.78, 5) is 13.7. The highest BCUT2D eigenvalue weighted by Gasteiger charge is 2.21. The van der Waals surface area contributed by atoms with Crippen LogP contribution in [0.3, 0.4) is 0 Å². The van der Waals surface area contributed by atoms with Crippen LogP contribution in [0, 0.1) is 0 Å². The second-order valence-corrected chi connectivity index (χ2v) is 8.80. The standard InChI is InChI=1S/C23H29N3OS/c1-16(17-7-9-18(10-8-17)23(2,3)4)24-22(28)25-19-11-13-20(14-12-19)26-15-5-6-21(26)27/h7-14,16H,5-6,15H2,1-4H3,(H2,24,25,28). The third kappa shape index (κ3) is 4.90. The van der Waals surface area contributed by atoms with Crippen LogP contribution >= 0.6 is 12.2 Å². The average Bonchev–Trinajstić information content (AvgIpc) is 3.07. The number of hydrogen-bond donors (Lipinski definition) is 2. The molecule has 0 radical (unpaired) electrons. The smallest absolute Gasteiger partial charge is 0.227 e. The summed E-state index contributed by atoms with van der Waals surface area (Å²) in [6.07, 6.45) is 1.57. The van der Waals surface area contributed by atoms with Gasteiger partial charge in [0.05, 0.1) is 6.04 Å². The zero-order chi connectivity index (χ0) is 20.3. The normalized spacial score (nSPS) is 15.4. The first-order valence-corrected chi connectivity index (χ1v) is 10.2. The Hall–Kier alpha value is -2.40. The molecule has 1 saturated heterocycles. The molecule has 1 atom stereocenters. The Kier molecular flexibility index (Phi) is 6.04. The third-order valence-electron chi connectivity index (χ3n) is 5.13. The second kappa shape index (κ2) is 8.31. The molecule has 1 unspecified atom stereocenters. The van der Waals surface area contributed by atoms with Crippen molar-refractivity contribution in [2.75, 3.05) is 16.8 Å². The first kappa shape index (κ1) is 20.3. The summed E-state index contributed by atoms with van der Waals surface area (Å²) in [5.41, 5.74) is 4.51. The molecule has 5 heteroatoms. The predicted octanol–water partition coefficient (Wildman–Crippen LogP) is 5.16. The Bertz CT molecular complexity index is 838. The second-order valence-electron chi connectivity index (χ2n) is 8.39. The summed E-state index contributed by atoms with van der Waals surface area (Å²) < 4.78 is 0. The highest BCUT2D eigenvalue weighted by atomic mass is 32.1. The monoisotopic (exact) mass is 395 g/mol. The molecule has 1 amide bonds. The fourth-order valence-corrected chi connectivity index (χ4v) is 3.66. The molecule has 1 aliphatic heterocycles. The number of hydrogen-bond acceptors (Lipinski definition) is 2. The van der Waals surface area contributed by atoms with Crippen molar-refractivity contribution in [3.63, 3.8) is 0 Å². The van der Waals surface area contributed by atoms with Gasteiger partial charge in [-0.25, -0.2) is 0 Å². The van der Waals surface area contributed by atoms with Crippen LogP contribution in [0.2, 0.25) is 0 Å². The van der Waals surface area contributed by atoms with Crippen molar-refractivity contribution in [1.29, 1.82) is 0 Å². The van der Waals surface area contributed by atoms with E-state index in [1.54, 1.807) is 0 Å².